The highest BCUT2D eigenvalue weighted by Crippen LogP contribution is 2.18. The average molecular weight is 356 g/mol. The van der Waals surface area contributed by atoms with Gasteiger partial charge in [0.15, 0.2) is 5.96 Å². The maximum atomic E-state index is 11.1. The second-order valence-corrected chi connectivity index (χ2v) is 5.61. The van der Waals surface area contributed by atoms with Crippen molar-refractivity contribution in [2.75, 3.05) is 20.2 Å². The van der Waals surface area contributed by atoms with Gasteiger partial charge in [-0.1, -0.05) is 30.3 Å². The summed E-state index contributed by atoms with van der Waals surface area (Å²) in [7, 11) is 1.65. The van der Waals surface area contributed by atoms with Crippen molar-refractivity contribution in [1.29, 1.82) is 0 Å². The topological polar surface area (TPSA) is 88.8 Å². The van der Waals surface area contributed by atoms with Crippen LogP contribution in [0.5, 0.6) is 5.75 Å². The lowest BCUT2D eigenvalue weighted by Gasteiger charge is -2.11. The molecule has 0 saturated heterocycles. The number of para-hydroxylation sites is 1. The van der Waals surface area contributed by atoms with Crippen LogP contribution in [-0.4, -0.2) is 31.1 Å². The molecule has 0 amide bonds. The summed E-state index contributed by atoms with van der Waals surface area (Å²) in [6.07, 6.45) is 0.833. The van der Waals surface area contributed by atoms with Crippen LogP contribution in [0.25, 0.3) is 0 Å². The largest absolute Gasteiger partial charge is 0.497 e. The lowest BCUT2D eigenvalue weighted by Crippen LogP contribution is -2.38. The Morgan fingerprint density at radius 2 is 1.88 bits per heavy atom. The predicted octanol–water partition coefficient (Wildman–Crippen LogP) is 2.90. The normalized spacial score (nSPS) is 11.1. The Kier molecular flexibility index (Phi) is 7.42. The fourth-order valence-corrected chi connectivity index (χ4v) is 2.45. The molecule has 0 aliphatic rings. The van der Waals surface area contributed by atoms with Crippen LogP contribution in [0.4, 0.5) is 5.69 Å². The molecule has 0 aliphatic heterocycles. The molecule has 2 aromatic carbocycles. The number of aliphatic imine (C=N–C) groups is 1. The third kappa shape index (κ3) is 5.77. The van der Waals surface area contributed by atoms with Crippen molar-refractivity contribution in [3.05, 3.63) is 69.8 Å². The number of hydrogen-bond acceptors (Lipinski definition) is 4. The summed E-state index contributed by atoms with van der Waals surface area (Å²) in [4.78, 5) is 15.2. The highest BCUT2D eigenvalue weighted by atomic mass is 16.6. The monoisotopic (exact) mass is 356 g/mol. The number of guanidine groups is 1. The number of nitrogens with one attached hydrogen (secondary N) is 2. The van der Waals surface area contributed by atoms with Crippen molar-refractivity contribution in [2.24, 2.45) is 4.99 Å². The first-order valence-corrected chi connectivity index (χ1v) is 8.51. The number of ether oxygens (including phenoxy) is 1. The molecule has 7 heteroatoms. The Labute approximate surface area is 153 Å². The van der Waals surface area contributed by atoms with Crippen molar-refractivity contribution in [1.82, 2.24) is 10.6 Å². The van der Waals surface area contributed by atoms with Crippen LogP contribution in [0.3, 0.4) is 0 Å². The first kappa shape index (κ1) is 19.2. The molecule has 0 atom stereocenters. The fraction of sp³-hybridized carbons (Fsp3) is 0.316. The van der Waals surface area contributed by atoms with Crippen molar-refractivity contribution in [3.8, 4) is 5.75 Å². The molecule has 2 rings (SSSR count). The second-order valence-electron chi connectivity index (χ2n) is 5.61. The van der Waals surface area contributed by atoms with E-state index < -0.39 is 0 Å². The van der Waals surface area contributed by atoms with E-state index in [4.69, 9.17) is 4.74 Å². The molecule has 0 aromatic heterocycles. The summed E-state index contributed by atoms with van der Waals surface area (Å²) in [5.74, 6) is 1.47. The summed E-state index contributed by atoms with van der Waals surface area (Å²) in [6, 6.07) is 14.6. The van der Waals surface area contributed by atoms with Gasteiger partial charge in [0, 0.05) is 19.2 Å². The molecule has 0 radical (unpaired) electrons. The number of benzene rings is 2. The molecule has 138 valence electrons. The Hall–Kier alpha value is -3.09. The van der Waals surface area contributed by atoms with Gasteiger partial charge in [0.2, 0.25) is 0 Å². The van der Waals surface area contributed by atoms with Crippen molar-refractivity contribution in [2.45, 2.75) is 19.9 Å². The van der Waals surface area contributed by atoms with Gasteiger partial charge in [0.1, 0.15) is 5.75 Å². The molecule has 0 saturated carbocycles. The van der Waals surface area contributed by atoms with Gasteiger partial charge in [-0.2, -0.15) is 0 Å². The van der Waals surface area contributed by atoms with Crippen LogP contribution in [0.1, 0.15) is 18.1 Å². The molecule has 0 unspecified atom stereocenters. The molecular formula is C19H24N4O3. The molecule has 0 spiro atoms. The van der Waals surface area contributed by atoms with Gasteiger partial charge in [0.05, 0.1) is 24.1 Å². The number of nitro groups is 1. The van der Waals surface area contributed by atoms with Gasteiger partial charge in [0.25, 0.3) is 5.69 Å². The minimum Gasteiger partial charge on any atom is -0.497 e. The van der Waals surface area contributed by atoms with Crippen molar-refractivity contribution in [3.63, 3.8) is 0 Å². The summed E-state index contributed by atoms with van der Waals surface area (Å²) in [5, 5.41) is 17.5. The van der Waals surface area contributed by atoms with Gasteiger partial charge in [-0.25, -0.2) is 4.99 Å². The van der Waals surface area contributed by atoms with Gasteiger partial charge in [-0.3, -0.25) is 10.1 Å². The van der Waals surface area contributed by atoms with Gasteiger partial charge >= 0.3 is 0 Å². The molecule has 2 N–H and O–H groups in total. The highest BCUT2D eigenvalue weighted by Gasteiger charge is 2.11. The third-order valence-corrected chi connectivity index (χ3v) is 3.81. The molecule has 0 bridgehead atoms. The van der Waals surface area contributed by atoms with Crippen molar-refractivity contribution < 1.29 is 9.66 Å². The Morgan fingerprint density at radius 3 is 2.54 bits per heavy atom. The number of nitro benzene ring substituents is 1. The van der Waals surface area contributed by atoms with Crippen LogP contribution in [0.2, 0.25) is 0 Å². The number of hydrogen-bond donors (Lipinski definition) is 2. The molecule has 0 heterocycles. The second kappa shape index (κ2) is 10.0. The van der Waals surface area contributed by atoms with Crippen molar-refractivity contribution >= 4 is 11.6 Å². The summed E-state index contributed by atoms with van der Waals surface area (Å²) in [5.41, 5.74) is 1.86. The lowest BCUT2D eigenvalue weighted by atomic mass is 10.1. The van der Waals surface area contributed by atoms with Gasteiger partial charge in [-0.15, -0.1) is 0 Å². The van der Waals surface area contributed by atoms with E-state index in [1.54, 1.807) is 25.3 Å². The van der Waals surface area contributed by atoms with Crippen LogP contribution < -0.4 is 15.4 Å². The van der Waals surface area contributed by atoms with Crippen LogP contribution in [0.15, 0.2) is 53.5 Å². The van der Waals surface area contributed by atoms with E-state index in [0.29, 0.717) is 24.6 Å². The number of rotatable bonds is 8. The van der Waals surface area contributed by atoms with Crippen LogP contribution >= 0.6 is 0 Å². The molecule has 0 fully saturated rings. The molecule has 2 aromatic rings. The quantitative estimate of drug-likeness (QED) is 0.329. The zero-order valence-corrected chi connectivity index (χ0v) is 15.1. The third-order valence-electron chi connectivity index (χ3n) is 3.81. The highest BCUT2D eigenvalue weighted by molar-refractivity contribution is 5.79. The first-order valence-electron chi connectivity index (χ1n) is 8.51. The van der Waals surface area contributed by atoms with Crippen LogP contribution in [0, 0.1) is 10.1 Å². The zero-order valence-electron chi connectivity index (χ0n) is 15.1. The number of methoxy groups -OCH3 is 1. The number of nitrogens with zero attached hydrogens (tertiary/aromatic N) is 2. The fourth-order valence-electron chi connectivity index (χ4n) is 2.45. The molecular weight excluding hydrogens is 332 g/mol. The van der Waals surface area contributed by atoms with E-state index in [0.717, 1.165) is 12.2 Å². The minimum absolute atomic E-state index is 0.0883. The molecule has 0 aliphatic carbocycles. The summed E-state index contributed by atoms with van der Waals surface area (Å²) < 4.78 is 5.15. The lowest BCUT2D eigenvalue weighted by molar-refractivity contribution is -0.385. The smallest absolute Gasteiger partial charge is 0.274 e. The van der Waals surface area contributed by atoms with E-state index in [1.807, 2.05) is 31.2 Å². The maximum Gasteiger partial charge on any atom is 0.274 e. The minimum atomic E-state index is -0.380. The Morgan fingerprint density at radius 1 is 1.15 bits per heavy atom. The van der Waals surface area contributed by atoms with Gasteiger partial charge < -0.3 is 15.4 Å². The molecule has 7 nitrogen and oxygen atoms in total. The summed E-state index contributed by atoms with van der Waals surface area (Å²) in [6.45, 7) is 3.64. The maximum absolute atomic E-state index is 11.1. The summed E-state index contributed by atoms with van der Waals surface area (Å²) >= 11 is 0. The SMILES string of the molecule is CCNC(=NCc1ccccc1[N+](=O)[O-])NCCc1ccc(OC)cc1. The average Bonchev–Trinajstić information content (AvgIpc) is 2.66. The van der Waals surface area contributed by atoms with E-state index >= 15 is 0 Å². The Bertz CT molecular complexity index is 745. The predicted molar refractivity (Wildman–Crippen MR) is 103 cm³/mol. The van der Waals surface area contributed by atoms with Crippen LogP contribution in [-0.2, 0) is 13.0 Å². The standard InChI is InChI=1S/C19H24N4O3/c1-3-20-19(21-13-12-15-8-10-17(26-2)11-9-15)22-14-16-6-4-5-7-18(16)23(24)25/h4-11H,3,12-14H2,1-2H3,(H2,20,21,22). The Balaban J connectivity index is 1.95. The first-order chi connectivity index (χ1) is 12.6. The van der Waals surface area contributed by atoms with E-state index in [9.17, 15) is 10.1 Å². The van der Waals surface area contributed by atoms with E-state index in [2.05, 4.69) is 15.6 Å². The van der Waals surface area contributed by atoms with E-state index in [1.165, 1.54) is 11.6 Å². The van der Waals surface area contributed by atoms with E-state index in [-0.39, 0.29) is 17.2 Å². The zero-order chi connectivity index (χ0) is 18.8. The molecule has 26 heavy (non-hydrogen) atoms. The van der Waals surface area contributed by atoms with Gasteiger partial charge in [-0.05, 0) is 31.0 Å².